The van der Waals surface area contributed by atoms with Crippen LogP contribution < -0.4 is 4.90 Å². The monoisotopic (exact) mass is 623 g/mol. The lowest BCUT2D eigenvalue weighted by molar-refractivity contribution is -0.160. The van der Waals surface area contributed by atoms with Crippen LogP contribution in [0.5, 0.6) is 0 Å². The number of carbonyl (C=O) groups is 1. The summed E-state index contributed by atoms with van der Waals surface area (Å²) in [7, 11) is 0. The Hall–Kier alpha value is -3.43. The highest BCUT2D eigenvalue weighted by Gasteiger charge is 2.36. The molecule has 0 bridgehead atoms. The minimum Gasteiger partial charge on any atom is -0.479 e. The van der Waals surface area contributed by atoms with Gasteiger partial charge in [0.2, 0.25) is 0 Å². The fourth-order valence-electron chi connectivity index (χ4n) is 6.60. The highest BCUT2D eigenvalue weighted by Crippen LogP contribution is 2.45. The van der Waals surface area contributed by atoms with Gasteiger partial charge in [0.1, 0.15) is 17.5 Å². The van der Waals surface area contributed by atoms with Gasteiger partial charge in [-0.25, -0.2) is 18.0 Å². The van der Waals surface area contributed by atoms with Crippen molar-refractivity contribution in [2.24, 2.45) is 5.41 Å². The molecule has 0 aliphatic carbocycles. The number of hydrogen-bond donors (Lipinski definition) is 1. The Morgan fingerprint density at radius 1 is 1.00 bits per heavy atom. The SMILES string of the molecule is Cc1nc(C)c([C@H](OC(C)(C)C)C(=O)O)c(N2CCC(C)(C)CC2)c1-c1ccc2c(c1)CCN(Cc1c(F)cc(F)cc1F)C2. The number of anilines is 1. The van der Waals surface area contributed by atoms with E-state index in [2.05, 4.69) is 24.8 Å². The van der Waals surface area contributed by atoms with Crippen LogP contribution in [-0.4, -0.2) is 46.2 Å². The molecule has 0 spiro atoms. The molecule has 3 aromatic rings. The maximum atomic E-state index is 14.4. The molecule has 2 aliphatic heterocycles. The van der Waals surface area contributed by atoms with Crippen LogP contribution in [0.15, 0.2) is 30.3 Å². The summed E-state index contributed by atoms with van der Waals surface area (Å²) in [4.78, 5) is 21.9. The third kappa shape index (κ3) is 7.20. The van der Waals surface area contributed by atoms with E-state index in [9.17, 15) is 23.1 Å². The first-order valence-corrected chi connectivity index (χ1v) is 15.7. The maximum absolute atomic E-state index is 14.4. The third-order valence-corrected chi connectivity index (χ3v) is 9.04. The summed E-state index contributed by atoms with van der Waals surface area (Å²) in [5.41, 5.74) is 6.30. The molecule has 1 saturated heterocycles. The van der Waals surface area contributed by atoms with E-state index >= 15 is 0 Å². The predicted molar refractivity (Wildman–Crippen MR) is 170 cm³/mol. The Labute approximate surface area is 264 Å². The van der Waals surface area contributed by atoms with Crippen molar-refractivity contribution in [3.8, 4) is 11.1 Å². The smallest absolute Gasteiger partial charge is 0.337 e. The number of fused-ring (bicyclic) bond motifs is 1. The van der Waals surface area contributed by atoms with Gasteiger partial charge in [0.25, 0.3) is 0 Å². The van der Waals surface area contributed by atoms with Crippen LogP contribution in [0.1, 0.15) is 87.2 Å². The van der Waals surface area contributed by atoms with Gasteiger partial charge in [-0.15, -0.1) is 0 Å². The number of aryl methyl sites for hydroxylation is 2. The molecule has 0 unspecified atom stereocenters. The van der Waals surface area contributed by atoms with E-state index in [-0.39, 0.29) is 17.5 Å². The molecule has 1 N–H and O–H groups in total. The number of benzene rings is 2. The van der Waals surface area contributed by atoms with Gasteiger partial charge in [0.15, 0.2) is 6.10 Å². The van der Waals surface area contributed by atoms with Crippen LogP contribution in [0.25, 0.3) is 11.1 Å². The molecule has 2 aliphatic rings. The summed E-state index contributed by atoms with van der Waals surface area (Å²) in [6, 6.07) is 7.65. The molecule has 45 heavy (non-hydrogen) atoms. The zero-order valence-corrected chi connectivity index (χ0v) is 27.4. The predicted octanol–water partition coefficient (Wildman–Crippen LogP) is 7.91. The molecule has 2 aromatic carbocycles. The molecule has 5 rings (SSSR count). The molecule has 1 fully saturated rings. The molecule has 3 heterocycles. The van der Waals surface area contributed by atoms with Gasteiger partial charge in [0, 0.05) is 72.9 Å². The first kappa shape index (κ1) is 32.9. The van der Waals surface area contributed by atoms with Crippen molar-refractivity contribution in [1.29, 1.82) is 0 Å². The zero-order valence-electron chi connectivity index (χ0n) is 27.4. The number of ether oxygens (including phenoxy) is 1. The number of aliphatic carboxylic acids is 1. The number of hydrogen-bond acceptors (Lipinski definition) is 5. The van der Waals surface area contributed by atoms with Crippen molar-refractivity contribution in [1.82, 2.24) is 9.88 Å². The zero-order chi connectivity index (χ0) is 32.8. The Morgan fingerprint density at radius 3 is 2.24 bits per heavy atom. The Kier molecular flexibility index (Phi) is 9.08. The van der Waals surface area contributed by atoms with Gasteiger partial charge in [-0.1, -0.05) is 32.0 Å². The second-order valence-corrected chi connectivity index (χ2v) is 14.3. The number of aromatic nitrogens is 1. The quantitative estimate of drug-likeness (QED) is 0.289. The van der Waals surface area contributed by atoms with Gasteiger partial charge in [-0.2, -0.15) is 0 Å². The summed E-state index contributed by atoms with van der Waals surface area (Å²) in [5.74, 6) is -3.74. The highest BCUT2D eigenvalue weighted by molar-refractivity contribution is 5.88. The Bertz CT molecular complexity index is 1580. The van der Waals surface area contributed by atoms with Crippen LogP contribution >= 0.6 is 0 Å². The van der Waals surface area contributed by atoms with Crippen molar-refractivity contribution in [2.75, 3.05) is 24.5 Å². The normalized spacial score (nSPS) is 17.7. The molecular weight excluding hydrogens is 579 g/mol. The van der Waals surface area contributed by atoms with Gasteiger partial charge < -0.3 is 14.7 Å². The Morgan fingerprint density at radius 2 is 1.64 bits per heavy atom. The fourth-order valence-corrected chi connectivity index (χ4v) is 6.60. The molecule has 0 radical (unpaired) electrons. The Balaban J connectivity index is 1.56. The minimum atomic E-state index is -1.19. The van der Waals surface area contributed by atoms with Crippen LogP contribution in [0.4, 0.5) is 18.9 Å². The summed E-state index contributed by atoms with van der Waals surface area (Å²) in [5, 5.41) is 10.4. The van der Waals surface area contributed by atoms with Crippen molar-refractivity contribution >= 4 is 11.7 Å². The minimum absolute atomic E-state index is 0.0449. The number of pyridine rings is 1. The highest BCUT2D eigenvalue weighted by atomic mass is 19.1. The summed E-state index contributed by atoms with van der Waals surface area (Å²) < 4.78 is 48.4. The van der Waals surface area contributed by atoms with Crippen molar-refractivity contribution in [2.45, 2.75) is 92.5 Å². The van der Waals surface area contributed by atoms with E-state index in [1.807, 2.05) is 51.7 Å². The second-order valence-electron chi connectivity index (χ2n) is 14.3. The van der Waals surface area contributed by atoms with E-state index in [4.69, 9.17) is 9.72 Å². The fraction of sp³-hybridized carbons (Fsp3) is 0.500. The number of carboxylic acid groups (broad SMARTS) is 1. The molecule has 1 atom stereocenters. The number of halogens is 3. The summed E-state index contributed by atoms with van der Waals surface area (Å²) in [6.07, 6.45) is 1.41. The van der Waals surface area contributed by atoms with Crippen LogP contribution in [0.2, 0.25) is 0 Å². The standard InChI is InChI=1S/C36H44F3N3O3/c1-21-30(24-8-9-25-19-41(13-10-23(25)16-24)20-27-28(38)17-26(37)18-29(27)39)32(42-14-11-36(6,7)12-15-42)31(22(2)40-21)33(34(43)44)45-35(3,4)5/h8-9,16-18,33H,10-15,19-20H2,1-7H3,(H,43,44)/t33-/m0/s1. The van der Waals surface area contributed by atoms with Crippen molar-refractivity contribution in [3.05, 3.63) is 81.4 Å². The lowest BCUT2D eigenvalue weighted by Gasteiger charge is -2.41. The van der Waals surface area contributed by atoms with Crippen LogP contribution in [0.3, 0.4) is 0 Å². The molecular formula is C36H44F3N3O3. The van der Waals surface area contributed by atoms with E-state index in [0.717, 1.165) is 71.7 Å². The van der Waals surface area contributed by atoms with Gasteiger partial charge in [-0.05, 0) is 76.0 Å². The summed E-state index contributed by atoms with van der Waals surface area (Å²) >= 11 is 0. The van der Waals surface area contributed by atoms with Gasteiger partial charge in [0.05, 0.1) is 11.3 Å². The molecule has 242 valence electrons. The number of carboxylic acids is 1. The van der Waals surface area contributed by atoms with E-state index in [1.165, 1.54) is 0 Å². The second kappa shape index (κ2) is 12.4. The van der Waals surface area contributed by atoms with Crippen LogP contribution in [0, 0.1) is 36.7 Å². The van der Waals surface area contributed by atoms with Crippen molar-refractivity contribution in [3.63, 3.8) is 0 Å². The molecule has 6 nitrogen and oxygen atoms in total. The third-order valence-electron chi connectivity index (χ3n) is 9.04. The number of piperidine rings is 1. The first-order valence-electron chi connectivity index (χ1n) is 15.7. The van der Waals surface area contributed by atoms with Gasteiger partial charge >= 0.3 is 5.97 Å². The maximum Gasteiger partial charge on any atom is 0.337 e. The number of nitrogens with zero attached hydrogens (tertiary/aromatic N) is 3. The molecule has 9 heteroatoms. The van der Waals surface area contributed by atoms with E-state index in [1.54, 1.807) is 0 Å². The summed E-state index contributed by atoms with van der Waals surface area (Å²) in [6.45, 7) is 16.6. The lowest BCUT2D eigenvalue weighted by Crippen LogP contribution is -2.39. The first-order chi connectivity index (χ1) is 21.0. The topological polar surface area (TPSA) is 65.9 Å². The largest absolute Gasteiger partial charge is 0.479 e. The molecule has 0 amide bonds. The van der Waals surface area contributed by atoms with Crippen LogP contribution in [-0.2, 0) is 29.0 Å². The lowest BCUT2D eigenvalue weighted by atomic mass is 9.81. The van der Waals surface area contributed by atoms with Gasteiger partial charge in [-0.3, -0.25) is 9.88 Å². The molecule has 0 saturated carbocycles. The average molecular weight is 624 g/mol. The van der Waals surface area contributed by atoms with E-state index < -0.39 is 35.1 Å². The van der Waals surface area contributed by atoms with E-state index in [0.29, 0.717) is 30.8 Å². The van der Waals surface area contributed by atoms with Crippen molar-refractivity contribution < 1.29 is 27.8 Å². The average Bonchev–Trinajstić information content (AvgIpc) is 2.93. The number of rotatable bonds is 7. The molecule has 1 aromatic heterocycles.